The molecule has 0 fully saturated rings. The number of para-hydroxylation sites is 1. The summed E-state index contributed by atoms with van der Waals surface area (Å²) in [6.07, 6.45) is 1.59. The van der Waals surface area contributed by atoms with Crippen LogP contribution < -0.4 is 14.9 Å². The normalized spacial score (nSPS) is 15.5. The van der Waals surface area contributed by atoms with Gasteiger partial charge in [0.2, 0.25) is 0 Å². The van der Waals surface area contributed by atoms with Crippen LogP contribution >= 0.6 is 22.7 Å². The maximum Gasteiger partial charge on any atom is 0.338 e. The third-order valence-corrected chi connectivity index (χ3v) is 7.78. The summed E-state index contributed by atoms with van der Waals surface area (Å²) in [4.78, 5) is 43.6. The molecule has 4 aromatic rings. The molecule has 38 heavy (non-hydrogen) atoms. The van der Waals surface area contributed by atoms with Crippen LogP contribution in [0.4, 0.5) is 5.69 Å². The SMILES string of the molecule is CC1=C(C(=O)OCC(C)C)C(c2cccs2)n2c(s/c(=C\c3ccc(-c4ccccc4[N+](=O)[O-])o3)c2=O)=N1. The van der Waals surface area contributed by atoms with Crippen LogP contribution in [-0.4, -0.2) is 22.1 Å². The fourth-order valence-electron chi connectivity index (χ4n) is 4.16. The third-order valence-electron chi connectivity index (χ3n) is 5.87. The van der Waals surface area contributed by atoms with Gasteiger partial charge in [0.15, 0.2) is 4.80 Å². The predicted octanol–water partition coefficient (Wildman–Crippen LogP) is 4.66. The van der Waals surface area contributed by atoms with Gasteiger partial charge in [-0.3, -0.25) is 19.5 Å². The second kappa shape index (κ2) is 10.3. The highest BCUT2D eigenvalue weighted by Gasteiger charge is 2.34. The number of esters is 1. The van der Waals surface area contributed by atoms with E-state index in [4.69, 9.17) is 9.15 Å². The Labute approximate surface area is 224 Å². The molecule has 0 saturated heterocycles. The van der Waals surface area contributed by atoms with E-state index < -0.39 is 16.9 Å². The quantitative estimate of drug-likeness (QED) is 0.188. The minimum Gasteiger partial charge on any atom is -0.462 e. The highest BCUT2D eigenvalue weighted by molar-refractivity contribution is 7.10. The lowest BCUT2D eigenvalue weighted by Gasteiger charge is -2.23. The predicted molar refractivity (Wildman–Crippen MR) is 145 cm³/mol. The van der Waals surface area contributed by atoms with Crippen molar-refractivity contribution in [1.29, 1.82) is 0 Å². The van der Waals surface area contributed by atoms with Crippen molar-refractivity contribution in [3.63, 3.8) is 0 Å². The highest BCUT2D eigenvalue weighted by Crippen LogP contribution is 2.34. The molecular formula is C27H23N3O6S2. The van der Waals surface area contributed by atoms with Crippen LogP contribution in [0.5, 0.6) is 0 Å². The van der Waals surface area contributed by atoms with Gasteiger partial charge in [0.1, 0.15) is 17.6 Å². The van der Waals surface area contributed by atoms with Crippen molar-refractivity contribution >= 4 is 40.4 Å². The Morgan fingerprint density at radius 2 is 2.03 bits per heavy atom. The number of aromatic nitrogens is 1. The fourth-order valence-corrected chi connectivity index (χ4v) is 6.01. The molecule has 11 heteroatoms. The standard InChI is InChI=1S/C27H23N3O6S2/c1-15(2)14-35-26(32)23-16(3)28-27-29(24(23)21-9-6-12-37-21)25(31)22(38-27)13-17-10-11-20(36-17)18-7-4-5-8-19(18)30(33)34/h4-13,15,24H,14H2,1-3H3/b22-13-. The van der Waals surface area contributed by atoms with E-state index in [2.05, 4.69) is 4.99 Å². The molecule has 5 rings (SSSR count). The zero-order chi connectivity index (χ0) is 27.0. The van der Waals surface area contributed by atoms with Crippen LogP contribution in [0.3, 0.4) is 0 Å². The van der Waals surface area contributed by atoms with Gasteiger partial charge in [-0.15, -0.1) is 11.3 Å². The van der Waals surface area contributed by atoms with Crippen molar-refractivity contribution in [3.8, 4) is 11.3 Å². The van der Waals surface area contributed by atoms with Gasteiger partial charge < -0.3 is 9.15 Å². The van der Waals surface area contributed by atoms with E-state index in [0.29, 0.717) is 37.7 Å². The first-order chi connectivity index (χ1) is 18.2. The zero-order valence-corrected chi connectivity index (χ0v) is 22.4. The molecule has 1 aliphatic rings. The Kier molecular flexibility index (Phi) is 6.96. The van der Waals surface area contributed by atoms with Crippen LogP contribution in [0.2, 0.25) is 0 Å². The van der Waals surface area contributed by atoms with E-state index in [1.165, 1.54) is 33.3 Å². The molecule has 3 aromatic heterocycles. The summed E-state index contributed by atoms with van der Waals surface area (Å²) < 4.78 is 13.3. The monoisotopic (exact) mass is 549 g/mol. The van der Waals surface area contributed by atoms with Gasteiger partial charge in [0.25, 0.3) is 11.2 Å². The first-order valence-electron chi connectivity index (χ1n) is 11.8. The topological polar surface area (TPSA) is 117 Å². The van der Waals surface area contributed by atoms with Crippen LogP contribution in [0, 0.1) is 16.0 Å². The number of rotatable bonds is 7. The van der Waals surface area contributed by atoms with E-state index in [9.17, 15) is 19.7 Å². The third kappa shape index (κ3) is 4.77. The smallest absolute Gasteiger partial charge is 0.338 e. The number of thiazole rings is 1. The number of benzene rings is 1. The van der Waals surface area contributed by atoms with Crippen LogP contribution in [0.15, 0.2) is 79.4 Å². The van der Waals surface area contributed by atoms with Crippen molar-refractivity contribution in [3.05, 3.63) is 106 Å². The number of furan rings is 1. The summed E-state index contributed by atoms with van der Waals surface area (Å²) in [5.41, 5.74) is 0.787. The number of carbonyl (C=O) groups is 1. The van der Waals surface area contributed by atoms with Crippen LogP contribution in [0.1, 0.15) is 37.5 Å². The molecule has 0 N–H and O–H groups in total. The summed E-state index contributed by atoms with van der Waals surface area (Å²) in [7, 11) is 0. The Balaban J connectivity index is 1.59. The summed E-state index contributed by atoms with van der Waals surface area (Å²) in [6, 6.07) is 12.7. The Morgan fingerprint density at radius 1 is 1.24 bits per heavy atom. The zero-order valence-electron chi connectivity index (χ0n) is 20.7. The Hall–Kier alpha value is -4.09. The lowest BCUT2D eigenvalue weighted by Crippen LogP contribution is -2.39. The first kappa shape index (κ1) is 25.6. The second-order valence-corrected chi connectivity index (χ2v) is 11.1. The second-order valence-electron chi connectivity index (χ2n) is 9.07. The lowest BCUT2D eigenvalue weighted by atomic mass is 10.0. The molecule has 9 nitrogen and oxygen atoms in total. The number of nitro groups is 1. The van der Waals surface area contributed by atoms with Gasteiger partial charge >= 0.3 is 5.97 Å². The average Bonchev–Trinajstić information content (AvgIpc) is 3.64. The van der Waals surface area contributed by atoms with Crippen molar-refractivity contribution < 1.29 is 18.9 Å². The molecule has 0 amide bonds. The van der Waals surface area contributed by atoms with E-state index in [1.54, 1.807) is 43.3 Å². The number of fused-ring (bicyclic) bond motifs is 1. The number of thiophene rings is 1. The summed E-state index contributed by atoms with van der Waals surface area (Å²) in [5.74, 6) is 0.353. The number of hydrogen-bond acceptors (Lipinski definition) is 9. The molecule has 0 radical (unpaired) electrons. The van der Waals surface area contributed by atoms with Crippen LogP contribution in [0.25, 0.3) is 17.4 Å². The maximum absolute atomic E-state index is 13.7. The molecule has 0 aliphatic carbocycles. The van der Waals surface area contributed by atoms with Crippen molar-refractivity contribution in [2.45, 2.75) is 26.8 Å². The number of carbonyl (C=O) groups excluding carboxylic acids is 1. The molecule has 0 spiro atoms. The van der Waals surface area contributed by atoms with E-state index in [0.717, 1.165) is 4.88 Å². The number of hydrogen-bond donors (Lipinski definition) is 0. The maximum atomic E-state index is 13.7. The number of allylic oxidation sites excluding steroid dienone is 1. The molecule has 194 valence electrons. The van der Waals surface area contributed by atoms with Gasteiger partial charge in [0.05, 0.1) is 32.9 Å². The molecule has 4 heterocycles. The Bertz CT molecular complexity index is 1740. The van der Waals surface area contributed by atoms with E-state index in [1.807, 2.05) is 31.4 Å². The number of nitrogens with zero attached hydrogens (tertiary/aromatic N) is 3. The molecule has 0 saturated carbocycles. The van der Waals surface area contributed by atoms with Crippen LogP contribution in [-0.2, 0) is 9.53 Å². The minimum atomic E-state index is -0.660. The summed E-state index contributed by atoms with van der Waals surface area (Å²) >= 11 is 2.63. The minimum absolute atomic E-state index is 0.0731. The first-order valence-corrected chi connectivity index (χ1v) is 13.5. The van der Waals surface area contributed by atoms with Gasteiger partial charge in [-0.1, -0.05) is 43.4 Å². The van der Waals surface area contributed by atoms with E-state index >= 15 is 0 Å². The molecule has 1 unspecified atom stereocenters. The molecular weight excluding hydrogens is 526 g/mol. The molecule has 1 atom stereocenters. The average molecular weight is 550 g/mol. The largest absolute Gasteiger partial charge is 0.462 e. The van der Waals surface area contributed by atoms with Gasteiger partial charge in [0, 0.05) is 17.0 Å². The number of nitro benzene ring substituents is 1. The molecule has 1 aromatic carbocycles. The summed E-state index contributed by atoms with van der Waals surface area (Å²) in [5, 5.41) is 13.3. The van der Waals surface area contributed by atoms with Crippen molar-refractivity contribution in [2.75, 3.05) is 6.61 Å². The van der Waals surface area contributed by atoms with Gasteiger partial charge in [-0.25, -0.2) is 9.79 Å². The Morgan fingerprint density at radius 3 is 2.74 bits per heavy atom. The number of ether oxygens (including phenoxy) is 1. The fraction of sp³-hybridized carbons (Fsp3) is 0.222. The van der Waals surface area contributed by atoms with Gasteiger partial charge in [-0.05, 0) is 42.5 Å². The van der Waals surface area contributed by atoms with E-state index in [-0.39, 0.29) is 23.8 Å². The highest BCUT2D eigenvalue weighted by atomic mass is 32.1. The van der Waals surface area contributed by atoms with Crippen molar-refractivity contribution in [2.24, 2.45) is 10.9 Å². The van der Waals surface area contributed by atoms with Gasteiger partial charge in [-0.2, -0.15) is 0 Å². The van der Waals surface area contributed by atoms with Crippen molar-refractivity contribution in [1.82, 2.24) is 4.57 Å². The summed E-state index contributed by atoms with van der Waals surface area (Å²) in [6.45, 7) is 5.92. The molecule has 0 bridgehead atoms. The molecule has 1 aliphatic heterocycles. The lowest BCUT2D eigenvalue weighted by molar-refractivity contribution is -0.384.